The third-order valence-electron chi connectivity index (χ3n) is 4.72. The third kappa shape index (κ3) is 5.11. The highest BCUT2D eigenvalue weighted by Gasteiger charge is 2.22. The van der Waals surface area contributed by atoms with E-state index in [0.29, 0.717) is 5.92 Å². The molecule has 1 fully saturated rings. The second-order valence-corrected chi connectivity index (χ2v) is 6.60. The Bertz CT molecular complexity index is 453. The Labute approximate surface area is 134 Å². The van der Waals surface area contributed by atoms with E-state index in [1.807, 2.05) is 13.8 Å². The molecule has 0 spiro atoms. The van der Waals surface area contributed by atoms with E-state index in [1.54, 1.807) is 0 Å². The van der Waals surface area contributed by atoms with Crippen LogP contribution in [0.1, 0.15) is 32.3 Å². The molecule has 122 valence electrons. The lowest BCUT2D eigenvalue weighted by molar-refractivity contribution is -0.125. The van der Waals surface area contributed by atoms with Crippen molar-refractivity contribution in [1.29, 1.82) is 0 Å². The molecule has 22 heavy (non-hydrogen) atoms. The van der Waals surface area contributed by atoms with Gasteiger partial charge in [0, 0.05) is 25.0 Å². The van der Waals surface area contributed by atoms with E-state index in [2.05, 4.69) is 40.5 Å². The zero-order valence-electron chi connectivity index (χ0n) is 13.8. The maximum absolute atomic E-state index is 11.9. The van der Waals surface area contributed by atoms with Crippen LogP contribution in [0.4, 0.5) is 0 Å². The molecule has 0 aromatic heterocycles. The first kappa shape index (κ1) is 17.0. The molecule has 1 amide bonds. The highest BCUT2D eigenvalue weighted by atomic mass is 16.1. The van der Waals surface area contributed by atoms with Crippen LogP contribution in [0.15, 0.2) is 30.3 Å². The minimum atomic E-state index is -0.113. The number of likely N-dealkylation sites (tertiary alicyclic amines) is 1. The predicted octanol–water partition coefficient (Wildman–Crippen LogP) is 2.00. The predicted molar refractivity (Wildman–Crippen MR) is 90.3 cm³/mol. The molecule has 0 saturated carbocycles. The molecule has 0 bridgehead atoms. The van der Waals surface area contributed by atoms with Crippen LogP contribution in [0.3, 0.4) is 0 Å². The van der Waals surface area contributed by atoms with Crippen LogP contribution in [-0.4, -0.2) is 36.5 Å². The number of amides is 1. The van der Waals surface area contributed by atoms with Gasteiger partial charge >= 0.3 is 0 Å². The molecule has 1 saturated heterocycles. The van der Waals surface area contributed by atoms with Crippen LogP contribution in [-0.2, 0) is 11.3 Å². The van der Waals surface area contributed by atoms with Crippen molar-refractivity contribution in [3.05, 3.63) is 35.9 Å². The summed E-state index contributed by atoms with van der Waals surface area (Å²) in [5.41, 5.74) is 7.14. The Kier molecular flexibility index (Phi) is 6.40. The Hall–Kier alpha value is -1.39. The summed E-state index contributed by atoms with van der Waals surface area (Å²) < 4.78 is 0. The minimum absolute atomic E-state index is 0.0849. The number of benzene rings is 1. The average Bonchev–Trinajstić information content (AvgIpc) is 2.54. The number of nitrogens with one attached hydrogen (secondary N) is 1. The topological polar surface area (TPSA) is 58.4 Å². The van der Waals surface area contributed by atoms with Gasteiger partial charge in [-0.2, -0.15) is 0 Å². The van der Waals surface area contributed by atoms with Crippen LogP contribution in [0.2, 0.25) is 0 Å². The quantitative estimate of drug-likeness (QED) is 0.845. The monoisotopic (exact) mass is 303 g/mol. The first-order valence-corrected chi connectivity index (χ1v) is 8.36. The lowest BCUT2D eigenvalue weighted by Crippen LogP contribution is -2.42. The van der Waals surface area contributed by atoms with Crippen molar-refractivity contribution >= 4 is 5.91 Å². The molecule has 0 radical (unpaired) electrons. The van der Waals surface area contributed by atoms with Crippen molar-refractivity contribution in [2.45, 2.75) is 39.3 Å². The maximum Gasteiger partial charge on any atom is 0.224 e. The highest BCUT2D eigenvalue weighted by molar-refractivity contribution is 5.78. The molecule has 1 aromatic carbocycles. The molecule has 1 heterocycles. The van der Waals surface area contributed by atoms with E-state index in [-0.39, 0.29) is 17.9 Å². The standard InChI is InChI=1S/C18H29N3O/c1-14(15(2)19)18(22)20-12-16-8-10-21(11-9-16)13-17-6-4-3-5-7-17/h3-7,14-16H,8-13,19H2,1-2H3,(H,20,22). The molecule has 2 atom stereocenters. The van der Waals surface area contributed by atoms with Crippen molar-refractivity contribution in [3.8, 4) is 0 Å². The van der Waals surface area contributed by atoms with Gasteiger partial charge in [0.05, 0.1) is 0 Å². The number of nitrogens with two attached hydrogens (primary N) is 1. The van der Waals surface area contributed by atoms with Crippen molar-refractivity contribution in [1.82, 2.24) is 10.2 Å². The second-order valence-electron chi connectivity index (χ2n) is 6.60. The summed E-state index contributed by atoms with van der Waals surface area (Å²) in [6, 6.07) is 10.5. The van der Waals surface area contributed by atoms with Gasteiger partial charge in [0.15, 0.2) is 0 Å². The van der Waals surface area contributed by atoms with Crippen LogP contribution >= 0.6 is 0 Å². The molecule has 1 aliphatic rings. The molecule has 4 heteroatoms. The fraction of sp³-hybridized carbons (Fsp3) is 0.611. The average molecular weight is 303 g/mol. The normalized spacial score (nSPS) is 19.6. The molecule has 1 aromatic rings. The fourth-order valence-corrected chi connectivity index (χ4v) is 2.83. The molecule has 4 nitrogen and oxygen atoms in total. The lowest BCUT2D eigenvalue weighted by atomic mass is 9.95. The molecule has 2 rings (SSSR count). The van der Waals surface area contributed by atoms with Crippen molar-refractivity contribution in [2.24, 2.45) is 17.6 Å². The van der Waals surface area contributed by atoms with Gasteiger partial charge < -0.3 is 11.1 Å². The van der Waals surface area contributed by atoms with Gasteiger partial charge in [0.1, 0.15) is 0 Å². The number of nitrogens with zero attached hydrogens (tertiary/aromatic N) is 1. The smallest absolute Gasteiger partial charge is 0.224 e. The van der Waals surface area contributed by atoms with Crippen molar-refractivity contribution in [3.63, 3.8) is 0 Å². The first-order valence-electron chi connectivity index (χ1n) is 8.36. The van der Waals surface area contributed by atoms with Crippen LogP contribution in [0.25, 0.3) is 0 Å². The summed E-state index contributed by atoms with van der Waals surface area (Å²) in [5, 5.41) is 3.06. The van der Waals surface area contributed by atoms with E-state index in [9.17, 15) is 4.79 Å². The number of hydrogen-bond donors (Lipinski definition) is 2. The van der Waals surface area contributed by atoms with Crippen molar-refractivity contribution in [2.75, 3.05) is 19.6 Å². The first-order chi connectivity index (χ1) is 10.6. The molecular weight excluding hydrogens is 274 g/mol. The molecule has 3 N–H and O–H groups in total. The van der Waals surface area contributed by atoms with Crippen LogP contribution < -0.4 is 11.1 Å². The highest BCUT2D eigenvalue weighted by Crippen LogP contribution is 2.18. The van der Waals surface area contributed by atoms with E-state index < -0.39 is 0 Å². The van der Waals surface area contributed by atoms with Gasteiger partial charge in [0.25, 0.3) is 0 Å². The Morgan fingerprint density at radius 1 is 1.27 bits per heavy atom. The molecule has 1 aliphatic heterocycles. The Balaban J connectivity index is 1.68. The zero-order chi connectivity index (χ0) is 15.9. The van der Waals surface area contributed by atoms with Gasteiger partial charge in [-0.25, -0.2) is 0 Å². The van der Waals surface area contributed by atoms with Gasteiger partial charge in [-0.15, -0.1) is 0 Å². The van der Waals surface area contributed by atoms with Gasteiger partial charge in [-0.1, -0.05) is 37.3 Å². The van der Waals surface area contributed by atoms with Gasteiger partial charge in [-0.05, 0) is 44.3 Å². The van der Waals surface area contributed by atoms with Crippen LogP contribution in [0.5, 0.6) is 0 Å². The number of carbonyl (C=O) groups excluding carboxylic acids is 1. The lowest BCUT2D eigenvalue weighted by Gasteiger charge is -2.32. The number of hydrogen-bond acceptors (Lipinski definition) is 3. The number of rotatable bonds is 6. The molecule has 0 aliphatic carbocycles. The fourth-order valence-electron chi connectivity index (χ4n) is 2.83. The Morgan fingerprint density at radius 3 is 2.50 bits per heavy atom. The summed E-state index contributed by atoms with van der Waals surface area (Å²) in [6.07, 6.45) is 2.30. The van der Waals surface area contributed by atoms with Crippen LogP contribution in [0, 0.1) is 11.8 Å². The Morgan fingerprint density at radius 2 is 1.91 bits per heavy atom. The van der Waals surface area contributed by atoms with E-state index in [1.165, 1.54) is 5.56 Å². The summed E-state index contributed by atoms with van der Waals surface area (Å²) in [4.78, 5) is 14.4. The minimum Gasteiger partial charge on any atom is -0.356 e. The molecular formula is C18H29N3O. The van der Waals surface area contributed by atoms with Gasteiger partial charge in [-0.3, -0.25) is 9.69 Å². The third-order valence-corrected chi connectivity index (χ3v) is 4.72. The van der Waals surface area contributed by atoms with E-state index in [0.717, 1.165) is 39.0 Å². The number of carbonyl (C=O) groups is 1. The maximum atomic E-state index is 11.9. The largest absolute Gasteiger partial charge is 0.356 e. The summed E-state index contributed by atoms with van der Waals surface area (Å²) in [5.74, 6) is 0.566. The SMILES string of the molecule is CC(N)C(C)C(=O)NCC1CCN(Cc2ccccc2)CC1. The van der Waals surface area contributed by atoms with Crippen molar-refractivity contribution < 1.29 is 4.79 Å². The summed E-state index contributed by atoms with van der Waals surface area (Å²) in [7, 11) is 0. The summed E-state index contributed by atoms with van der Waals surface area (Å²) >= 11 is 0. The van der Waals surface area contributed by atoms with Gasteiger partial charge in [0.2, 0.25) is 5.91 Å². The zero-order valence-corrected chi connectivity index (χ0v) is 13.8. The van der Waals surface area contributed by atoms with E-state index in [4.69, 9.17) is 5.73 Å². The summed E-state index contributed by atoms with van der Waals surface area (Å²) in [6.45, 7) is 7.81. The number of piperidine rings is 1. The molecule has 2 unspecified atom stereocenters. The van der Waals surface area contributed by atoms with E-state index >= 15 is 0 Å². The second kappa shape index (κ2) is 8.30.